The molecule has 0 aliphatic rings. The Morgan fingerprint density at radius 1 is 1.22 bits per heavy atom. The molecule has 0 radical (unpaired) electrons. The lowest BCUT2D eigenvalue weighted by Gasteiger charge is -2.08. The maximum absolute atomic E-state index is 11.5. The van der Waals surface area contributed by atoms with Crippen molar-refractivity contribution in [3.63, 3.8) is 0 Å². The van der Waals surface area contributed by atoms with E-state index < -0.39 is 9.84 Å². The number of aliphatic imine (C=N–C) groups is 1. The van der Waals surface area contributed by atoms with E-state index in [0.717, 1.165) is 24.1 Å². The van der Waals surface area contributed by atoms with Crippen LogP contribution in [-0.2, 0) is 28.6 Å². The molecule has 5 nitrogen and oxygen atoms in total. The maximum atomic E-state index is 11.5. The first-order chi connectivity index (χ1) is 10.9. The Labute approximate surface area is 141 Å². The number of thiophene rings is 1. The number of hydrogen-bond donors (Lipinski definition) is 2. The van der Waals surface area contributed by atoms with Crippen LogP contribution in [0.3, 0.4) is 0 Å². The van der Waals surface area contributed by atoms with Crippen LogP contribution >= 0.6 is 11.3 Å². The Morgan fingerprint density at radius 3 is 2.61 bits per heavy atom. The topological polar surface area (TPSA) is 84.5 Å². The van der Waals surface area contributed by atoms with Crippen LogP contribution in [0.5, 0.6) is 0 Å². The number of rotatable bonds is 7. The zero-order valence-corrected chi connectivity index (χ0v) is 14.7. The molecule has 0 saturated carbocycles. The van der Waals surface area contributed by atoms with Gasteiger partial charge in [-0.15, -0.1) is 11.3 Å². The normalized spacial score (nSPS) is 12.3. The van der Waals surface area contributed by atoms with Crippen molar-refractivity contribution in [3.8, 4) is 0 Å². The highest BCUT2D eigenvalue weighted by molar-refractivity contribution is 7.89. The number of guanidine groups is 1. The Balaban J connectivity index is 1.91. The van der Waals surface area contributed by atoms with E-state index in [1.54, 1.807) is 11.3 Å². The van der Waals surface area contributed by atoms with Crippen LogP contribution in [0, 0.1) is 0 Å². The molecule has 2 aromatic rings. The summed E-state index contributed by atoms with van der Waals surface area (Å²) in [6, 6.07) is 11.5. The second kappa shape index (κ2) is 8.12. The van der Waals surface area contributed by atoms with Crippen molar-refractivity contribution in [3.05, 3.63) is 57.8 Å². The summed E-state index contributed by atoms with van der Waals surface area (Å²) in [6.45, 7) is 1.09. The van der Waals surface area contributed by atoms with Crippen molar-refractivity contribution < 1.29 is 8.42 Å². The second-order valence-corrected chi connectivity index (χ2v) is 8.47. The molecule has 0 spiro atoms. The third kappa shape index (κ3) is 6.42. The van der Waals surface area contributed by atoms with Gasteiger partial charge in [0.25, 0.3) is 0 Å². The van der Waals surface area contributed by atoms with Crippen LogP contribution in [-0.4, -0.2) is 27.2 Å². The predicted octanol–water partition coefficient (Wildman–Crippen LogP) is 1.94. The number of hydrogen-bond acceptors (Lipinski definition) is 4. The van der Waals surface area contributed by atoms with Crippen molar-refractivity contribution in [2.45, 2.75) is 18.7 Å². The molecule has 1 aromatic carbocycles. The van der Waals surface area contributed by atoms with Crippen molar-refractivity contribution in [2.75, 3.05) is 12.8 Å². The molecule has 1 heterocycles. The highest BCUT2D eigenvalue weighted by Crippen LogP contribution is 2.13. The minimum absolute atomic E-state index is 0.0183. The number of benzene rings is 1. The fraction of sp³-hybridized carbons (Fsp3) is 0.312. The third-order valence-electron chi connectivity index (χ3n) is 3.21. The van der Waals surface area contributed by atoms with Gasteiger partial charge in [-0.3, -0.25) is 0 Å². The van der Waals surface area contributed by atoms with Crippen LogP contribution in [0.25, 0.3) is 0 Å². The van der Waals surface area contributed by atoms with Crippen LogP contribution in [0.4, 0.5) is 0 Å². The van der Waals surface area contributed by atoms with Crippen LogP contribution in [0.1, 0.15) is 16.0 Å². The quantitative estimate of drug-likeness (QED) is 0.590. The lowest BCUT2D eigenvalue weighted by Crippen LogP contribution is -2.33. The first-order valence-corrected chi connectivity index (χ1v) is 10.2. The minimum atomic E-state index is -3.07. The molecule has 124 valence electrons. The van der Waals surface area contributed by atoms with Crippen molar-refractivity contribution in [2.24, 2.45) is 10.7 Å². The molecule has 7 heteroatoms. The summed E-state index contributed by atoms with van der Waals surface area (Å²) in [6.07, 6.45) is 2.13. The van der Waals surface area contributed by atoms with Crippen molar-refractivity contribution in [1.29, 1.82) is 0 Å². The molecule has 0 aliphatic heterocycles. The fourth-order valence-corrected chi connectivity index (χ4v) is 3.69. The number of nitrogens with two attached hydrogens (primary N) is 1. The first-order valence-electron chi connectivity index (χ1n) is 7.25. The largest absolute Gasteiger partial charge is 0.370 e. The summed E-state index contributed by atoms with van der Waals surface area (Å²) in [7, 11) is -3.07. The lowest BCUT2D eigenvalue weighted by atomic mass is 10.1. The SMILES string of the molecule is CS(=O)(=O)Cc1ccccc1CN=C(N)NCCc1cccs1. The van der Waals surface area contributed by atoms with E-state index in [1.807, 2.05) is 35.7 Å². The molecule has 0 saturated heterocycles. The average Bonchev–Trinajstić information content (AvgIpc) is 2.98. The molecule has 0 amide bonds. The van der Waals surface area contributed by atoms with Gasteiger partial charge >= 0.3 is 0 Å². The van der Waals surface area contributed by atoms with Gasteiger partial charge in [0, 0.05) is 17.7 Å². The summed E-state index contributed by atoms with van der Waals surface area (Å²) in [5.41, 5.74) is 7.51. The predicted molar refractivity (Wildman–Crippen MR) is 96.3 cm³/mol. The molecule has 0 unspecified atom stereocenters. The van der Waals surface area contributed by atoms with E-state index in [1.165, 1.54) is 11.1 Å². The zero-order chi connectivity index (χ0) is 16.7. The van der Waals surface area contributed by atoms with Gasteiger partial charge in [-0.2, -0.15) is 0 Å². The summed E-state index contributed by atoms with van der Waals surface area (Å²) in [5, 5.41) is 5.12. The van der Waals surface area contributed by atoms with E-state index in [0.29, 0.717) is 12.5 Å². The number of nitrogens with one attached hydrogen (secondary N) is 1. The van der Waals surface area contributed by atoms with Crippen molar-refractivity contribution >= 4 is 27.1 Å². The molecule has 0 fully saturated rings. The fourth-order valence-electron chi connectivity index (χ4n) is 2.13. The number of nitrogens with zero attached hydrogens (tertiary/aromatic N) is 1. The maximum Gasteiger partial charge on any atom is 0.188 e. The van der Waals surface area contributed by atoms with Crippen LogP contribution < -0.4 is 11.1 Å². The van der Waals surface area contributed by atoms with Crippen LogP contribution in [0.2, 0.25) is 0 Å². The van der Waals surface area contributed by atoms with Gasteiger partial charge in [-0.05, 0) is 29.0 Å². The van der Waals surface area contributed by atoms with Gasteiger partial charge in [0.05, 0.1) is 12.3 Å². The van der Waals surface area contributed by atoms with Gasteiger partial charge in [-0.1, -0.05) is 30.3 Å². The summed E-state index contributed by atoms with van der Waals surface area (Å²) in [4.78, 5) is 5.59. The first kappa shape index (κ1) is 17.5. The Morgan fingerprint density at radius 2 is 1.96 bits per heavy atom. The van der Waals surface area contributed by atoms with E-state index in [4.69, 9.17) is 5.73 Å². The van der Waals surface area contributed by atoms with E-state index in [-0.39, 0.29) is 5.75 Å². The van der Waals surface area contributed by atoms with Crippen molar-refractivity contribution in [1.82, 2.24) is 5.32 Å². The highest BCUT2D eigenvalue weighted by atomic mass is 32.2. The Bertz CT molecular complexity index is 753. The monoisotopic (exact) mass is 351 g/mol. The van der Waals surface area contributed by atoms with Gasteiger partial charge < -0.3 is 11.1 Å². The minimum Gasteiger partial charge on any atom is -0.370 e. The van der Waals surface area contributed by atoms with Crippen LogP contribution in [0.15, 0.2) is 46.8 Å². The second-order valence-electron chi connectivity index (χ2n) is 5.30. The van der Waals surface area contributed by atoms with E-state index in [2.05, 4.69) is 16.4 Å². The summed E-state index contributed by atoms with van der Waals surface area (Å²) < 4.78 is 22.9. The molecule has 23 heavy (non-hydrogen) atoms. The molecule has 3 N–H and O–H groups in total. The van der Waals surface area contributed by atoms with Gasteiger partial charge in [-0.25, -0.2) is 13.4 Å². The van der Waals surface area contributed by atoms with Gasteiger partial charge in [0.2, 0.25) is 0 Å². The average molecular weight is 351 g/mol. The highest BCUT2D eigenvalue weighted by Gasteiger charge is 2.08. The lowest BCUT2D eigenvalue weighted by molar-refractivity contribution is 0.601. The molecule has 0 aliphatic carbocycles. The smallest absolute Gasteiger partial charge is 0.188 e. The molecule has 2 rings (SSSR count). The summed E-state index contributed by atoms with van der Waals surface area (Å²) in [5.74, 6) is 0.389. The molecular formula is C16H21N3O2S2. The molecular weight excluding hydrogens is 330 g/mol. The molecule has 0 bridgehead atoms. The molecule has 0 atom stereocenters. The number of sulfone groups is 1. The summed E-state index contributed by atoms with van der Waals surface area (Å²) >= 11 is 1.71. The molecule has 1 aromatic heterocycles. The van der Waals surface area contributed by atoms with E-state index >= 15 is 0 Å². The van der Waals surface area contributed by atoms with Gasteiger partial charge in [0.1, 0.15) is 0 Å². The van der Waals surface area contributed by atoms with E-state index in [9.17, 15) is 8.42 Å². The Kier molecular flexibility index (Phi) is 6.18. The third-order valence-corrected chi connectivity index (χ3v) is 4.98. The Hall–Kier alpha value is -1.86. The standard InChI is InChI=1S/C16H21N3O2S2/c1-23(20,21)12-14-6-3-2-5-13(14)11-19-16(17)18-9-8-15-7-4-10-22-15/h2-7,10H,8-9,11-12H2,1H3,(H3,17,18,19). The zero-order valence-electron chi connectivity index (χ0n) is 13.0. The van der Waals surface area contributed by atoms with Gasteiger partial charge in [0.15, 0.2) is 15.8 Å².